The third-order valence-electron chi connectivity index (χ3n) is 3.53. The molecule has 1 saturated carbocycles. The van der Waals surface area contributed by atoms with Crippen molar-refractivity contribution in [1.82, 2.24) is 5.32 Å². The Morgan fingerprint density at radius 3 is 2.47 bits per heavy atom. The second kappa shape index (κ2) is 6.92. The SMILES string of the molecule is COCCNC(COc1cc(C)cc(C)c1)C1CC1. The highest BCUT2D eigenvalue weighted by Crippen LogP contribution is 2.33. The van der Waals surface area contributed by atoms with Crippen LogP contribution in [0.4, 0.5) is 0 Å². The summed E-state index contributed by atoms with van der Waals surface area (Å²) in [6, 6.07) is 6.83. The molecule has 2 rings (SSSR count). The van der Waals surface area contributed by atoms with Gasteiger partial charge in [-0.15, -0.1) is 0 Å². The average molecular weight is 263 g/mol. The molecule has 1 aliphatic carbocycles. The minimum absolute atomic E-state index is 0.455. The van der Waals surface area contributed by atoms with Crippen LogP contribution in [-0.2, 0) is 4.74 Å². The van der Waals surface area contributed by atoms with Crippen molar-refractivity contribution < 1.29 is 9.47 Å². The van der Waals surface area contributed by atoms with Gasteiger partial charge in [0, 0.05) is 19.7 Å². The van der Waals surface area contributed by atoms with E-state index in [-0.39, 0.29) is 0 Å². The molecule has 0 spiro atoms. The molecule has 0 radical (unpaired) electrons. The lowest BCUT2D eigenvalue weighted by molar-refractivity contribution is 0.183. The first-order valence-electron chi connectivity index (χ1n) is 7.12. The van der Waals surface area contributed by atoms with E-state index in [2.05, 4.69) is 37.4 Å². The predicted octanol–water partition coefficient (Wildman–Crippen LogP) is 2.70. The largest absolute Gasteiger partial charge is 0.492 e. The van der Waals surface area contributed by atoms with Gasteiger partial charge < -0.3 is 14.8 Å². The van der Waals surface area contributed by atoms with Crippen LogP contribution in [0.2, 0.25) is 0 Å². The van der Waals surface area contributed by atoms with Crippen molar-refractivity contribution in [3.05, 3.63) is 29.3 Å². The number of methoxy groups -OCH3 is 1. The van der Waals surface area contributed by atoms with Crippen LogP contribution in [0.1, 0.15) is 24.0 Å². The first-order chi connectivity index (χ1) is 9.19. The van der Waals surface area contributed by atoms with E-state index >= 15 is 0 Å². The zero-order chi connectivity index (χ0) is 13.7. The highest BCUT2D eigenvalue weighted by Gasteiger charge is 2.31. The molecule has 0 aliphatic heterocycles. The monoisotopic (exact) mass is 263 g/mol. The molecule has 3 nitrogen and oxygen atoms in total. The number of aryl methyl sites for hydroxylation is 2. The summed E-state index contributed by atoms with van der Waals surface area (Å²) in [6.45, 7) is 6.61. The summed E-state index contributed by atoms with van der Waals surface area (Å²) in [5, 5.41) is 3.53. The summed E-state index contributed by atoms with van der Waals surface area (Å²) < 4.78 is 11.0. The number of rotatable bonds is 8. The standard InChI is InChI=1S/C16H25NO2/c1-12-8-13(2)10-15(9-12)19-11-16(14-4-5-14)17-6-7-18-3/h8-10,14,16-17H,4-7,11H2,1-3H3. The normalized spacial score (nSPS) is 16.4. The van der Waals surface area contributed by atoms with Crippen LogP contribution >= 0.6 is 0 Å². The van der Waals surface area contributed by atoms with Gasteiger partial charge in [0.25, 0.3) is 0 Å². The maximum atomic E-state index is 5.96. The first kappa shape index (κ1) is 14.4. The summed E-state index contributed by atoms with van der Waals surface area (Å²) in [6.07, 6.45) is 2.64. The van der Waals surface area contributed by atoms with Crippen LogP contribution in [0.3, 0.4) is 0 Å². The summed E-state index contributed by atoms with van der Waals surface area (Å²) in [5.41, 5.74) is 2.51. The van der Waals surface area contributed by atoms with E-state index in [9.17, 15) is 0 Å². The van der Waals surface area contributed by atoms with E-state index in [1.165, 1.54) is 24.0 Å². The molecule has 19 heavy (non-hydrogen) atoms. The van der Waals surface area contributed by atoms with Crippen LogP contribution in [0, 0.1) is 19.8 Å². The smallest absolute Gasteiger partial charge is 0.119 e. The van der Waals surface area contributed by atoms with Gasteiger partial charge in [-0.1, -0.05) is 6.07 Å². The summed E-state index contributed by atoms with van der Waals surface area (Å²) in [4.78, 5) is 0. The highest BCUT2D eigenvalue weighted by molar-refractivity contribution is 5.33. The molecule has 0 heterocycles. The Kier molecular flexibility index (Phi) is 5.23. The second-order valence-corrected chi connectivity index (χ2v) is 5.53. The Bertz CT molecular complexity index is 381. The average Bonchev–Trinajstić information content (AvgIpc) is 3.16. The maximum Gasteiger partial charge on any atom is 0.119 e. The summed E-state index contributed by atoms with van der Waals surface area (Å²) >= 11 is 0. The van der Waals surface area contributed by atoms with Crippen molar-refractivity contribution in [2.75, 3.05) is 26.9 Å². The van der Waals surface area contributed by atoms with Crippen LogP contribution in [0.25, 0.3) is 0 Å². The second-order valence-electron chi connectivity index (χ2n) is 5.53. The summed E-state index contributed by atoms with van der Waals surface area (Å²) in [5.74, 6) is 1.76. The van der Waals surface area contributed by atoms with E-state index in [0.717, 1.165) is 31.4 Å². The molecule has 1 N–H and O–H groups in total. The molecular weight excluding hydrogens is 238 g/mol. The Labute approximate surface area is 116 Å². The van der Waals surface area contributed by atoms with Crippen molar-refractivity contribution in [3.8, 4) is 5.75 Å². The lowest BCUT2D eigenvalue weighted by Crippen LogP contribution is -2.38. The topological polar surface area (TPSA) is 30.5 Å². The molecule has 1 atom stereocenters. The zero-order valence-electron chi connectivity index (χ0n) is 12.2. The fourth-order valence-electron chi connectivity index (χ4n) is 2.41. The van der Waals surface area contributed by atoms with E-state index in [0.29, 0.717) is 6.04 Å². The lowest BCUT2D eigenvalue weighted by atomic mass is 10.1. The molecule has 1 unspecified atom stereocenters. The molecule has 0 saturated heterocycles. The Hall–Kier alpha value is -1.06. The van der Waals surface area contributed by atoms with Gasteiger partial charge in [0.1, 0.15) is 12.4 Å². The third kappa shape index (κ3) is 4.84. The third-order valence-corrected chi connectivity index (χ3v) is 3.53. The van der Waals surface area contributed by atoms with Crippen molar-refractivity contribution in [2.24, 2.45) is 5.92 Å². The van der Waals surface area contributed by atoms with Crippen LogP contribution in [0.5, 0.6) is 5.75 Å². The first-order valence-corrected chi connectivity index (χ1v) is 7.12. The van der Waals surface area contributed by atoms with Gasteiger partial charge in [-0.2, -0.15) is 0 Å². The van der Waals surface area contributed by atoms with Gasteiger partial charge in [0.05, 0.1) is 6.61 Å². The number of benzene rings is 1. The van der Waals surface area contributed by atoms with Crippen molar-refractivity contribution in [1.29, 1.82) is 0 Å². The van der Waals surface area contributed by atoms with Crippen molar-refractivity contribution in [3.63, 3.8) is 0 Å². The molecule has 3 heteroatoms. The molecule has 1 fully saturated rings. The van der Waals surface area contributed by atoms with Crippen LogP contribution < -0.4 is 10.1 Å². The summed E-state index contributed by atoms with van der Waals surface area (Å²) in [7, 11) is 1.74. The quantitative estimate of drug-likeness (QED) is 0.732. The van der Waals surface area contributed by atoms with E-state index in [1.54, 1.807) is 7.11 Å². The molecular formula is C16H25NO2. The van der Waals surface area contributed by atoms with E-state index < -0.39 is 0 Å². The fourth-order valence-corrected chi connectivity index (χ4v) is 2.41. The number of nitrogens with one attached hydrogen (secondary N) is 1. The molecule has 0 bridgehead atoms. The molecule has 0 aromatic heterocycles. The van der Waals surface area contributed by atoms with Crippen LogP contribution in [-0.4, -0.2) is 32.9 Å². The van der Waals surface area contributed by atoms with E-state index in [1.807, 2.05) is 0 Å². The zero-order valence-corrected chi connectivity index (χ0v) is 12.2. The lowest BCUT2D eigenvalue weighted by Gasteiger charge is -2.19. The Morgan fingerprint density at radius 1 is 1.21 bits per heavy atom. The van der Waals surface area contributed by atoms with Crippen LogP contribution in [0.15, 0.2) is 18.2 Å². The Morgan fingerprint density at radius 2 is 1.89 bits per heavy atom. The highest BCUT2D eigenvalue weighted by atomic mass is 16.5. The van der Waals surface area contributed by atoms with Gasteiger partial charge in [-0.25, -0.2) is 0 Å². The van der Waals surface area contributed by atoms with Crippen molar-refractivity contribution >= 4 is 0 Å². The molecule has 0 amide bonds. The fraction of sp³-hybridized carbons (Fsp3) is 0.625. The number of hydrogen-bond acceptors (Lipinski definition) is 3. The Balaban J connectivity index is 1.83. The van der Waals surface area contributed by atoms with Gasteiger partial charge >= 0.3 is 0 Å². The molecule has 1 aromatic rings. The minimum atomic E-state index is 0.455. The van der Waals surface area contributed by atoms with Crippen molar-refractivity contribution in [2.45, 2.75) is 32.7 Å². The van der Waals surface area contributed by atoms with Gasteiger partial charge in [0.2, 0.25) is 0 Å². The van der Waals surface area contributed by atoms with Gasteiger partial charge in [-0.05, 0) is 55.9 Å². The van der Waals surface area contributed by atoms with Gasteiger partial charge in [0.15, 0.2) is 0 Å². The van der Waals surface area contributed by atoms with Gasteiger partial charge in [-0.3, -0.25) is 0 Å². The number of ether oxygens (including phenoxy) is 2. The molecule has 106 valence electrons. The molecule has 1 aliphatic rings. The predicted molar refractivity (Wildman–Crippen MR) is 77.8 cm³/mol. The molecule has 1 aromatic carbocycles. The maximum absolute atomic E-state index is 5.96. The van der Waals surface area contributed by atoms with E-state index in [4.69, 9.17) is 9.47 Å². The number of hydrogen-bond donors (Lipinski definition) is 1. The minimum Gasteiger partial charge on any atom is -0.492 e.